The molecule has 2 heterocycles. The summed E-state index contributed by atoms with van der Waals surface area (Å²) in [5, 5.41) is 8.91. The first kappa shape index (κ1) is 15.2. The Labute approximate surface area is 133 Å². The van der Waals surface area contributed by atoms with Crippen LogP contribution in [0.2, 0.25) is 0 Å². The molecule has 1 aromatic carbocycles. The molecule has 1 aliphatic heterocycles. The van der Waals surface area contributed by atoms with Crippen LogP contribution in [0.15, 0.2) is 36.7 Å². The number of nitrogens with zero attached hydrogens (tertiary/aromatic N) is 4. The number of aromatic nitrogens is 2. The van der Waals surface area contributed by atoms with Crippen LogP contribution >= 0.6 is 0 Å². The predicted octanol–water partition coefficient (Wildman–Crippen LogP) is 2.03. The molecule has 1 aliphatic rings. The molecule has 2 aromatic rings. The highest BCUT2D eigenvalue weighted by molar-refractivity contribution is 5.88. The number of halogens is 1. The largest absolute Gasteiger partial charge is 0.478 e. The maximum absolute atomic E-state index is 14.2. The summed E-state index contributed by atoms with van der Waals surface area (Å²) in [4.78, 5) is 23.4. The van der Waals surface area contributed by atoms with Gasteiger partial charge in [0.05, 0.1) is 11.3 Å². The van der Waals surface area contributed by atoms with Crippen molar-refractivity contribution in [2.24, 2.45) is 0 Å². The van der Waals surface area contributed by atoms with Crippen LogP contribution in [0.1, 0.15) is 17.3 Å². The summed E-state index contributed by atoms with van der Waals surface area (Å²) in [5.41, 5.74) is 0.381. The number of benzene rings is 1. The second kappa shape index (κ2) is 6.20. The number of hydrogen-bond acceptors (Lipinski definition) is 5. The topological polar surface area (TPSA) is 69.6 Å². The van der Waals surface area contributed by atoms with E-state index in [-0.39, 0.29) is 11.6 Å². The Morgan fingerprint density at radius 3 is 2.65 bits per heavy atom. The lowest BCUT2D eigenvalue weighted by Crippen LogP contribution is -2.53. The highest BCUT2D eigenvalue weighted by Crippen LogP contribution is 2.25. The van der Waals surface area contributed by atoms with E-state index in [2.05, 4.69) is 14.9 Å². The molecule has 1 atom stereocenters. The quantitative estimate of drug-likeness (QED) is 0.934. The lowest BCUT2D eigenvalue weighted by molar-refractivity contribution is 0.0696. The smallest absolute Gasteiger partial charge is 0.335 e. The van der Waals surface area contributed by atoms with Gasteiger partial charge in [-0.15, -0.1) is 0 Å². The first-order valence-electron chi connectivity index (χ1n) is 7.37. The van der Waals surface area contributed by atoms with Crippen LogP contribution in [-0.2, 0) is 0 Å². The molecule has 0 spiro atoms. The molecule has 120 valence electrons. The molecule has 7 heteroatoms. The minimum atomic E-state index is -1.13. The van der Waals surface area contributed by atoms with Crippen molar-refractivity contribution >= 4 is 17.6 Å². The van der Waals surface area contributed by atoms with Gasteiger partial charge in [0.2, 0.25) is 5.95 Å². The first-order chi connectivity index (χ1) is 11.1. The van der Waals surface area contributed by atoms with E-state index in [4.69, 9.17) is 5.11 Å². The molecule has 6 nitrogen and oxygen atoms in total. The Hall–Kier alpha value is -2.70. The molecule has 1 saturated heterocycles. The second-order valence-corrected chi connectivity index (χ2v) is 5.51. The van der Waals surface area contributed by atoms with E-state index in [0.717, 1.165) is 6.07 Å². The zero-order chi connectivity index (χ0) is 16.4. The average molecular weight is 316 g/mol. The zero-order valence-corrected chi connectivity index (χ0v) is 12.7. The summed E-state index contributed by atoms with van der Waals surface area (Å²) < 4.78 is 14.2. The lowest BCUT2D eigenvalue weighted by atomic mass is 10.1. The number of piperazine rings is 1. The van der Waals surface area contributed by atoms with E-state index in [1.807, 2.05) is 11.8 Å². The standard InChI is InChI=1S/C16H17FN4O2/c1-11-10-20(7-8-21(11)16-18-5-2-6-19-16)14-4-3-12(15(22)23)9-13(14)17/h2-6,9,11H,7-8,10H2,1H3,(H,22,23)/t11-/m0/s1. The lowest BCUT2D eigenvalue weighted by Gasteiger charge is -2.41. The third kappa shape index (κ3) is 3.08. The summed E-state index contributed by atoms with van der Waals surface area (Å²) >= 11 is 0. The van der Waals surface area contributed by atoms with Crippen LogP contribution < -0.4 is 9.80 Å². The second-order valence-electron chi connectivity index (χ2n) is 5.51. The van der Waals surface area contributed by atoms with Crippen molar-refractivity contribution < 1.29 is 14.3 Å². The van der Waals surface area contributed by atoms with E-state index in [1.54, 1.807) is 18.5 Å². The zero-order valence-electron chi connectivity index (χ0n) is 12.7. The third-order valence-corrected chi connectivity index (χ3v) is 3.97. The fourth-order valence-corrected chi connectivity index (χ4v) is 2.81. The fraction of sp³-hybridized carbons (Fsp3) is 0.312. The highest BCUT2D eigenvalue weighted by atomic mass is 19.1. The van der Waals surface area contributed by atoms with Crippen molar-refractivity contribution in [2.75, 3.05) is 29.4 Å². The van der Waals surface area contributed by atoms with E-state index < -0.39 is 11.8 Å². The number of aromatic carboxylic acids is 1. The molecular formula is C16H17FN4O2. The number of hydrogen-bond donors (Lipinski definition) is 1. The van der Waals surface area contributed by atoms with Gasteiger partial charge >= 0.3 is 5.97 Å². The summed E-state index contributed by atoms with van der Waals surface area (Å²) in [6.07, 6.45) is 3.40. The van der Waals surface area contributed by atoms with Crippen molar-refractivity contribution in [1.82, 2.24) is 9.97 Å². The predicted molar refractivity (Wildman–Crippen MR) is 84.4 cm³/mol. The van der Waals surface area contributed by atoms with Crippen LogP contribution in [0, 0.1) is 5.82 Å². The van der Waals surface area contributed by atoms with E-state index in [0.29, 0.717) is 31.3 Å². The minimum absolute atomic E-state index is 0.0457. The molecule has 1 N–H and O–H groups in total. The van der Waals surface area contributed by atoms with Gasteiger partial charge < -0.3 is 14.9 Å². The average Bonchev–Trinajstić information content (AvgIpc) is 2.55. The molecule has 0 saturated carbocycles. The summed E-state index contributed by atoms with van der Waals surface area (Å²) in [6.45, 7) is 3.94. The number of anilines is 2. The summed E-state index contributed by atoms with van der Waals surface area (Å²) in [5.74, 6) is -0.974. The van der Waals surface area contributed by atoms with Crippen molar-refractivity contribution in [3.63, 3.8) is 0 Å². The van der Waals surface area contributed by atoms with Crippen LogP contribution in [0.5, 0.6) is 0 Å². The van der Waals surface area contributed by atoms with Crippen LogP contribution in [0.25, 0.3) is 0 Å². The van der Waals surface area contributed by atoms with Gasteiger partial charge in [-0.25, -0.2) is 19.2 Å². The first-order valence-corrected chi connectivity index (χ1v) is 7.37. The monoisotopic (exact) mass is 316 g/mol. The van der Waals surface area contributed by atoms with Gasteiger partial charge in [-0.3, -0.25) is 0 Å². The molecule has 1 fully saturated rings. The van der Waals surface area contributed by atoms with Crippen LogP contribution in [-0.4, -0.2) is 46.7 Å². The van der Waals surface area contributed by atoms with Gasteiger partial charge in [-0.1, -0.05) is 0 Å². The molecule has 0 amide bonds. The Morgan fingerprint density at radius 1 is 1.30 bits per heavy atom. The molecule has 23 heavy (non-hydrogen) atoms. The van der Waals surface area contributed by atoms with Crippen molar-refractivity contribution in [3.05, 3.63) is 48.0 Å². The van der Waals surface area contributed by atoms with Crippen molar-refractivity contribution in [2.45, 2.75) is 13.0 Å². The maximum atomic E-state index is 14.2. The molecule has 0 radical (unpaired) electrons. The van der Waals surface area contributed by atoms with Gasteiger partial charge in [0.25, 0.3) is 0 Å². The van der Waals surface area contributed by atoms with Crippen LogP contribution in [0.3, 0.4) is 0 Å². The van der Waals surface area contributed by atoms with Gasteiger partial charge in [-0.05, 0) is 31.2 Å². The molecule has 1 aromatic heterocycles. The fourth-order valence-electron chi connectivity index (χ4n) is 2.81. The van der Waals surface area contributed by atoms with Crippen molar-refractivity contribution in [3.8, 4) is 0 Å². The van der Waals surface area contributed by atoms with Gasteiger partial charge in [0.1, 0.15) is 5.82 Å². The van der Waals surface area contributed by atoms with Gasteiger partial charge in [0.15, 0.2) is 0 Å². The SMILES string of the molecule is C[C@H]1CN(c2ccc(C(=O)O)cc2F)CCN1c1ncccn1. The molecule has 0 unspecified atom stereocenters. The normalized spacial score (nSPS) is 18.1. The van der Waals surface area contributed by atoms with Gasteiger partial charge in [0, 0.05) is 38.1 Å². The summed E-state index contributed by atoms with van der Waals surface area (Å²) in [6, 6.07) is 5.90. The third-order valence-electron chi connectivity index (χ3n) is 3.97. The Balaban J connectivity index is 1.76. The van der Waals surface area contributed by atoms with Gasteiger partial charge in [-0.2, -0.15) is 0 Å². The van der Waals surface area contributed by atoms with E-state index >= 15 is 0 Å². The maximum Gasteiger partial charge on any atom is 0.335 e. The molecular weight excluding hydrogens is 299 g/mol. The highest BCUT2D eigenvalue weighted by Gasteiger charge is 2.27. The molecule has 0 bridgehead atoms. The van der Waals surface area contributed by atoms with E-state index in [9.17, 15) is 9.18 Å². The van der Waals surface area contributed by atoms with Crippen LogP contribution in [0.4, 0.5) is 16.0 Å². The number of carboxylic acid groups (broad SMARTS) is 1. The van der Waals surface area contributed by atoms with E-state index in [1.165, 1.54) is 12.1 Å². The molecule has 0 aliphatic carbocycles. The molecule has 3 rings (SSSR count). The Bertz CT molecular complexity index is 710. The Kier molecular flexibility index (Phi) is 4.10. The number of carbonyl (C=O) groups is 1. The number of carboxylic acids is 1. The number of rotatable bonds is 3. The van der Waals surface area contributed by atoms with Crippen molar-refractivity contribution in [1.29, 1.82) is 0 Å². The Morgan fingerprint density at radius 2 is 2.04 bits per heavy atom. The summed E-state index contributed by atoms with van der Waals surface area (Å²) in [7, 11) is 0. The minimum Gasteiger partial charge on any atom is -0.478 e.